The smallest absolute Gasteiger partial charge is 0.159 e. The molecule has 3 nitrogen and oxygen atoms in total. The van der Waals surface area contributed by atoms with Crippen LogP contribution < -0.4 is 0 Å². The first-order chi connectivity index (χ1) is 10.3. The Bertz CT molecular complexity index is 952. The third-order valence-electron chi connectivity index (χ3n) is 3.97. The normalized spacial score (nSPS) is 11.3. The molecule has 21 heavy (non-hydrogen) atoms. The zero-order valence-electron chi connectivity index (χ0n) is 12.0. The highest BCUT2D eigenvalue weighted by Crippen LogP contribution is 2.32. The number of aromatic nitrogens is 3. The van der Waals surface area contributed by atoms with E-state index in [1.165, 1.54) is 10.9 Å². The summed E-state index contributed by atoms with van der Waals surface area (Å²) in [4.78, 5) is 4.78. The van der Waals surface area contributed by atoms with Crippen LogP contribution in [0.3, 0.4) is 0 Å². The molecule has 0 fully saturated rings. The fourth-order valence-electron chi connectivity index (χ4n) is 2.92. The molecule has 0 bridgehead atoms. The van der Waals surface area contributed by atoms with Crippen LogP contribution in [0.15, 0.2) is 54.6 Å². The molecule has 0 aliphatic heterocycles. The van der Waals surface area contributed by atoms with Crippen molar-refractivity contribution in [1.29, 1.82) is 0 Å². The van der Waals surface area contributed by atoms with Gasteiger partial charge in [-0.25, -0.2) is 9.67 Å². The number of hydrogen-bond donors (Lipinski definition) is 0. The Morgan fingerprint density at radius 3 is 2.43 bits per heavy atom. The van der Waals surface area contributed by atoms with Gasteiger partial charge in [0.15, 0.2) is 5.65 Å². The first-order valence-electron chi connectivity index (χ1n) is 7.03. The number of nitrogens with zero attached hydrogens (tertiary/aromatic N) is 3. The highest BCUT2D eigenvalue weighted by atomic mass is 15.3. The number of benzene rings is 2. The largest absolute Gasteiger partial charge is 0.250 e. The minimum atomic E-state index is 0.935. The van der Waals surface area contributed by atoms with Crippen molar-refractivity contribution in [1.82, 2.24) is 14.8 Å². The van der Waals surface area contributed by atoms with E-state index in [0.717, 1.165) is 27.8 Å². The SMILES string of the molecule is Cc1c2ccccc2nc2c1c(-c1ccccc1)nn2C. The maximum Gasteiger partial charge on any atom is 0.159 e. The summed E-state index contributed by atoms with van der Waals surface area (Å²) in [5.74, 6) is 0. The lowest BCUT2D eigenvalue weighted by Gasteiger charge is -2.05. The standard InChI is InChI=1S/C18H15N3/c1-12-14-10-6-7-11-15(14)19-18-16(12)17(20-21(18)2)13-8-4-3-5-9-13/h3-11H,1-2H3. The number of aryl methyl sites for hydroxylation is 2. The second-order valence-electron chi connectivity index (χ2n) is 5.29. The zero-order chi connectivity index (χ0) is 14.4. The summed E-state index contributed by atoms with van der Waals surface area (Å²) in [5, 5.41) is 7.03. The third-order valence-corrected chi connectivity index (χ3v) is 3.97. The van der Waals surface area contributed by atoms with E-state index in [2.05, 4.69) is 37.3 Å². The lowest BCUT2D eigenvalue weighted by molar-refractivity contribution is 0.791. The van der Waals surface area contributed by atoms with Gasteiger partial charge in [0.1, 0.15) is 5.69 Å². The van der Waals surface area contributed by atoms with Crippen LogP contribution in [0.5, 0.6) is 0 Å². The van der Waals surface area contributed by atoms with E-state index in [4.69, 9.17) is 10.1 Å². The summed E-state index contributed by atoms with van der Waals surface area (Å²) in [7, 11) is 1.95. The first-order valence-corrected chi connectivity index (χ1v) is 7.03. The molecule has 0 saturated carbocycles. The number of fused-ring (bicyclic) bond motifs is 2. The highest BCUT2D eigenvalue weighted by Gasteiger charge is 2.16. The van der Waals surface area contributed by atoms with Crippen molar-refractivity contribution in [3.63, 3.8) is 0 Å². The molecule has 3 heteroatoms. The van der Waals surface area contributed by atoms with Crippen LogP contribution in [0.4, 0.5) is 0 Å². The molecule has 0 aliphatic rings. The topological polar surface area (TPSA) is 30.7 Å². The van der Waals surface area contributed by atoms with Gasteiger partial charge in [-0.15, -0.1) is 0 Å². The first kappa shape index (κ1) is 12.1. The van der Waals surface area contributed by atoms with Crippen molar-refractivity contribution < 1.29 is 0 Å². The van der Waals surface area contributed by atoms with E-state index in [0.29, 0.717) is 0 Å². The molecule has 0 amide bonds. The van der Waals surface area contributed by atoms with Crippen molar-refractivity contribution in [3.05, 3.63) is 60.2 Å². The Kier molecular flexibility index (Phi) is 2.54. The Morgan fingerprint density at radius 1 is 0.905 bits per heavy atom. The van der Waals surface area contributed by atoms with Gasteiger partial charge in [-0.05, 0) is 18.6 Å². The van der Waals surface area contributed by atoms with Crippen LogP contribution in [0.25, 0.3) is 33.2 Å². The number of pyridine rings is 1. The van der Waals surface area contributed by atoms with Crippen LogP contribution >= 0.6 is 0 Å². The summed E-state index contributed by atoms with van der Waals surface area (Å²) < 4.78 is 1.87. The fraction of sp³-hybridized carbons (Fsp3) is 0.111. The number of rotatable bonds is 1. The van der Waals surface area contributed by atoms with Gasteiger partial charge in [-0.2, -0.15) is 5.10 Å². The van der Waals surface area contributed by atoms with Crippen LogP contribution in [-0.2, 0) is 7.05 Å². The zero-order valence-corrected chi connectivity index (χ0v) is 12.0. The fourth-order valence-corrected chi connectivity index (χ4v) is 2.92. The van der Waals surface area contributed by atoms with Gasteiger partial charge in [0.2, 0.25) is 0 Å². The monoisotopic (exact) mass is 273 g/mol. The van der Waals surface area contributed by atoms with E-state index < -0.39 is 0 Å². The number of hydrogen-bond acceptors (Lipinski definition) is 2. The molecule has 0 atom stereocenters. The van der Waals surface area contributed by atoms with Gasteiger partial charge in [0.25, 0.3) is 0 Å². The predicted octanol–water partition coefficient (Wildman–Crippen LogP) is 4.10. The molecule has 2 heterocycles. The lowest BCUT2D eigenvalue weighted by atomic mass is 10.0. The molecular weight excluding hydrogens is 258 g/mol. The summed E-state index contributed by atoms with van der Waals surface area (Å²) in [6.07, 6.45) is 0. The molecule has 2 aromatic carbocycles. The Labute approximate surface area is 122 Å². The van der Waals surface area contributed by atoms with E-state index in [9.17, 15) is 0 Å². The summed E-state index contributed by atoms with van der Waals surface area (Å²) in [5.41, 5.74) is 5.32. The molecule has 0 unspecified atom stereocenters. The van der Waals surface area contributed by atoms with Crippen LogP contribution in [-0.4, -0.2) is 14.8 Å². The van der Waals surface area contributed by atoms with Crippen molar-refractivity contribution in [3.8, 4) is 11.3 Å². The molecule has 0 aliphatic carbocycles. The van der Waals surface area contributed by atoms with Crippen LogP contribution in [0.1, 0.15) is 5.56 Å². The molecule has 0 N–H and O–H groups in total. The van der Waals surface area contributed by atoms with E-state index in [1.807, 2.05) is 36.0 Å². The highest BCUT2D eigenvalue weighted by molar-refractivity contribution is 6.02. The second-order valence-corrected chi connectivity index (χ2v) is 5.29. The average molecular weight is 273 g/mol. The molecular formula is C18H15N3. The van der Waals surface area contributed by atoms with Crippen LogP contribution in [0.2, 0.25) is 0 Å². The molecule has 2 aromatic heterocycles. The van der Waals surface area contributed by atoms with E-state index in [-0.39, 0.29) is 0 Å². The maximum atomic E-state index is 4.78. The molecule has 0 radical (unpaired) electrons. The van der Waals surface area contributed by atoms with E-state index in [1.54, 1.807) is 0 Å². The summed E-state index contributed by atoms with van der Waals surface area (Å²) >= 11 is 0. The van der Waals surface area contributed by atoms with Gasteiger partial charge in [-0.3, -0.25) is 0 Å². The molecule has 4 aromatic rings. The van der Waals surface area contributed by atoms with Crippen molar-refractivity contribution in [2.45, 2.75) is 6.92 Å². The molecule has 102 valence electrons. The Balaban J connectivity index is 2.17. The molecule has 4 rings (SSSR count). The van der Waals surface area contributed by atoms with Gasteiger partial charge in [0, 0.05) is 18.0 Å². The maximum absolute atomic E-state index is 4.78. The van der Waals surface area contributed by atoms with Crippen molar-refractivity contribution in [2.75, 3.05) is 0 Å². The quantitative estimate of drug-likeness (QED) is 0.523. The third kappa shape index (κ3) is 1.74. The number of para-hydroxylation sites is 1. The van der Waals surface area contributed by atoms with Crippen molar-refractivity contribution in [2.24, 2.45) is 7.05 Å². The van der Waals surface area contributed by atoms with Gasteiger partial charge < -0.3 is 0 Å². The summed E-state index contributed by atoms with van der Waals surface area (Å²) in [6, 6.07) is 18.5. The minimum Gasteiger partial charge on any atom is -0.250 e. The Hall–Kier alpha value is -2.68. The van der Waals surface area contributed by atoms with Gasteiger partial charge in [0.05, 0.1) is 10.9 Å². The predicted molar refractivity (Wildman–Crippen MR) is 86.2 cm³/mol. The van der Waals surface area contributed by atoms with Crippen molar-refractivity contribution >= 4 is 21.9 Å². The van der Waals surface area contributed by atoms with E-state index >= 15 is 0 Å². The summed E-state index contributed by atoms with van der Waals surface area (Å²) in [6.45, 7) is 2.15. The average Bonchev–Trinajstić information content (AvgIpc) is 2.86. The molecule has 0 saturated heterocycles. The van der Waals surface area contributed by atoms with Gasteiger partial charge in [-0.1, -0.05) is 48.5 Å². The minimum absolute atomic E-state index is 0.935. The Morgan fingerprint density at radius 2 is 1.62 bits per heavy atom. The van der Waals surface area contributed by atoms with Gasteiger partial charge >= 0.3 is 0 Å². The second kappa shape index (κ2) is 4.42. The van der Waals surface area contributed by atoms with Crippen LogP contribution in [0, 0.1) is 6.92 Å². The lowest BCUT2D eigenvalue weighted by Crippen LogP contribution is -1.93. The molecule has 0 spiro atoms.